The molecule has 0 saturated heterocycles. The maximum atomic E-state index is 12.8. The molecule has 0 saturated carbocycles. The molecule has 160 valence electrons. The third kappa shape index (κ3) is 4.43. The Morgan fingerprint density at radius 1 is 1.00 bits per heavy atom. The zero-order valence-electron chi connectivity index (χ0n) is 17.8. The van der Waals surface area contributed by atoms with Crippen LogP contribution >= 0.6 is 11.3 Å². The Labute approximate surface area is 186 Å². The molecule has 1 N–H and O–H groups in total. The number of thiazole rings is 1. The summed E-state index contributed by atoms with van der Waals surface area (Å²) in [6, 6.07) is 18.4. The van der Waals surface area contributed by atoms with Crippen LogP contribution in [0.5, 0.6) is 5.75 Å². The van der Waals surface area contributed by atoms with Crippen molar-refractivity contribution in [3.8, 4) is 16.3 Å². The summed E-state index contributed by atoms with van der Waals surface area (Å²) in [5, 5.41) is 0.880. The number of hydrogen-bond acceptors (Lipinski definition) is 5. The van der Waals surface area contributed by atoms with Crippen LogP contribution in [0.1, 0.15) is 30.9 Å². The highest BCUT2D eigenvalue weighted by Crippen LogP contribution is 2.34. The van der Waals surface area contributed by atoms with Crippen molar-refractivity contribution in [2.75, 3.05) is 11.8 Å². The summed E-state index contributed by atoms with van der Waals surface area (Å²) in [4.78, 5) is 4.95. The monoisotopic (exact) mass is 452 g/mol. The largest absolute Gasteiger partial charge is 0.497 e. The molecule has 0 radical (unpaired) electrons. The Bertz CT molecular complexity index is 1340. The van der Waals surface area contributed by atoms with Gasteiger partial charge in [0.05, 0.1) is 27.9 Å². The predicted octanol–water partition coefficient (Wildman–Crippen LogP) is 6.20. The van der Waals surface area contributed by atoms with Gasteiger partial charge in [0, 0.05) is 5.56 Å². The van der Waals surface area contributed by atoms with Crippen LogP contribution in [0.15, 0.2) is 65.6 Å². The number of methoxy groups -OCH3 is 1. The molecule has 0 fully saturated rings. The van der Waals surface area contributed by atoms with Gasteiger partial charge in [0.25, 0.3) is 10.0 Å². The van der Waals surface area contributed by atoms with Crippen LogP contribution in [0.25, 0.3) is 20.8 Å². The van der Waals surface area contributed by atoms with E-state index in [0.29, 0.717) is 11.6 Å². The van der Waals surface area contributed by atoms with Crippen molar-refractivity contribution >= 4 is 37.3 Å². The molecule has 1 heterocycles. The molecule has 0 aliphatic rings. The Morgan fingerprint density at radius 2 is 1.74 bits per heavy atom. The third-order valence-corrected chi connectivity index (χ3v) is 7.62. The first kappa shape index (κ1) is 21.3. The molecule has 4 aromatic rings. The fraction of sp³-hybridized carbons (Fsp3) is 0.208. The first-order valence-electron chi connectivity index (χ1n) is 9.95. The van der Waals surface area contributed by atoms with E-state index in [0.717, 1.165) is 37.7 Å². The third-order valence-electron chi connectivity index (χ3n) is 5.17. The van der Waals surface area contributed by atoms with Gasteiger partial charge < -0.3 is 4.74 Å². The van der Waals surface area contributed by atoms with Gasteiger partial charge in [-0.3, -0.25) is 4.72 Å². The summed E-state index contributed by atoms with van der Waals surface area (Å²) in [5.41, 5.74) is 4.35. The molecule has 5 nitrogen and oxygen atoms in total. The summed E-state index contributed by atoms with van der Waals surface area (Å²) in [6.45, 7) is 6.04. The molecule has 3 aromatic carbocycles. The lowest BCUT2D eigenvalue weighted by molar-refractivity contribution is 0.415. The Morgan fingerprint density at radius 3 is 2.39 bits per heavy atom. The zero-order chi connectivity index (χ0) is 22.2. The molecule has 4 rings (SSSR count). The van der Waals surface area contributed by atoms with E-state index in [1.54, 1.807) is 36.6 Å². The number of aromatic nitrogens is 1. The predicted molar refractivity (Wildman–Crippen MR) is 128 cm³/mol. The molecular formula is C24H24N2O3S2. The van der Waals surface area contributed by atoms with E-state index < -0.39 is 10.0 Å². The molecule has 0 bridgehead atoms. The number of ether oxygens (including phenoxy) is 1. The van der Waals surface area contributed by atoms with E-state index >= 15 is 0 Å². The smallest absolute Gasteiger partial charge is 0.261 e. The first-order valence-corrected chi connectivity index (χ1v) is 12.2. The average Bonchev–Trinajstić information content (AvgIpc) is 3.18. The van der Waals surface area contributed by atoms with Crippen molar-refractivity contribution in [2.24, 2.45) is 0 Å². The fourth-order valence-electron chi connectivity index (χ4n) is 3.30. The molecule has 0 amide bonds. The van der Waals surface area contributed by atoms with Crippen molar-refractivity contribution < 1.29 is 13.2 Å². The molecule has 31 heavy (non-hydrogen) atoms. The minimum absolute atomic E-state index is 0.250. The van der Waals surface area contributed by atoms with E-state index in [9.17, 15) is 8.42 Å². The number of nitrogens with one attached hydrogen (secondary N) is 1. The second kappa shape index (κ2) is 8.32. The lowest BCUT2D eigenvalue weighted by Gasteiger charge is -2.12. The Balaban J connectivity index is 1.60. The quantitative estimate of drug-likeness (QED) is 0.378. The van der Waals surface area contributed by atoms with Crippen LogP contribution in [0.2, 0.25) is 0 Å². The number of sulfonamides is 1. The number of benzene rings is 3. The highest BCUT2D eigenvalue weighted by Gasteiger charge is 2.16. The number of rotatable bonds is 6. The van der Waals surface area contributed by atoms with Crippen LogP contribution in [0, 0.1) is 6.92 Å². The van der Waals surface area contributed by atoms with Crippen LogP contribution in [0.4, 0.5) is 5.69 Å². The van der Waals surface area contributed by atoms with Gasteiger partial charge in [0.2, 0.25) is 0 Å². The summed E-state index contributed by atoms with van der Waals surface area (Å²) in [6.07, 6.45) is 0. The van der Waals surface area contributed by atoms with Gasteiger partial charge in [0.15, 0.2) is 0 Å². The van der Waals surface area contributed by atoms with Crippen LogP contribution < -0.4 is 9.46 Å². The number of fused-ring (bicyclic) bond motifs is 1. The molecule has 0 unspecified atom stereocenters. The van der Waals surface area contributed by atoms with Gasteiger partial charge in [0.1, 0.15) is 10.8 Å². The van der Waals surface area contributed by atoms with Crippen molar-refractivity contribution in [3.63, 3.8) is 0 Å². The molecule has 1 aromatic heterocycles. The van der Waals surface area contributed by atoms with E-state index in [-0.39, 0.29) is 4.90 Å². The number of nitrogens with zero attached hydrogens (tertiary/aromatic N) is 1. The van der Waals surface area contributed by atoms with Crippen molar-refractivity contribution in [3.05, 3.63) is 71.8 Å². The number of aryl methyl sites for hydroxylation is 1. The lowest BCUT2D eigenvalue weighted by Crippen LogP contribution is -2.13. The minimum Gasteiger partial charge on any atom is -0.497 e. The number of hydrogen-bond donors (Lipinski definition) is 1. The minimum atomic E-state index is -3.66. The van der Waals surface area contributed by atoms with Crippen LogP contribution in [-0.4, -0.2) is 20.5 Å². The Hall–Kier alpha value is -2.90. The van der Waals surface area contributed by atoms with Crippen LogP contribution in [0.3, 0.4) is 0 Å². The fourth-order valence-corrected chi connectivity index (χ4v) is 5.42. The molecule has 0 spiro atoms. The van der Waals surface area contributed by atoms with E-state index in [1.807, 2.05) is 49.4 Å². The second-order valence-electron chi connectivity index (χ2n) is 7.71. The highest BCUT2D eigenvalue weighted by atomic mass is 32.2. The van der Waals surface area contributed by atoms with E-state index in [4.69, 9.17) is 9.72 Å². The van der Waals surface area contributed by atoms with E-state index in [1.165, 1.54) is 0 Å². The maximum Gasteiger partial charge on any atom is 0.261 e. The SMILES string of the molecule is COc1ccc2nc(-c3ccc(NS(=O)(=O)c4ccc(C(C)C)cc4)c(C)c3)sc2c1. The first-order chi connectivity index (χ1) is 14.8. The number of anilines is 1. The van der Waals surface area contributed by atoms with Gasteiger partial charge in [-0.2, -0.15) is 0 Å². The van der Waals surface area contributed by atoms with E-state index in [2.05, 4.69) is 18.6 Å². The van der Waals surface area contributed by atoms with Gasteiger partial charge in [-0.05, 0) is 72.5 Å². The molecule has 0 aliphatic heterocycles. The zero-order valence-corrected chi connectivity index (χ0v) is 19.5. The van der Waals surface area contributed by atoms with Crippen molar-refractivity contribution in [1.82, 2.24) is 4.98 Å². The van der Waals surface area contributed by atoms with Gasteiger partial charge in [-0.1, -0.05) is 26.0 Å². The van der Waals surface area contributed by atoms with Gasteiger partial charge in [-0.15, -0.1) is 11.3 Å². The van der Waals surface area contributed by atoms with Crippen molar-refractivity contribution in [2.45, 2.75) is 31.6 Å². The molecule has 7 heteroatoms. The summed E-state index contributed by atoms with van der Waals surface area (Å²) in [5.74, 6) is 1.15. The molecule has 0 aliphatic carbocycles. The topological polar surface area (TPSA) is 68.3 Å². The van der Waals surface area contributed by atoms with Crippen LogP contribution in [-0.2, 0) is 10.0 Å². The van der Waals surface area contributed by atoms with Gasteiger partial charge in [-0.25, -0.2) is 13.4 Å². The molecular weight excluding hydrogens is 428 g/mol. The Kier molecular flexibility index (Phi) is 5.73. The molecule has 0 atom stereocenters. The summed E-state index contributed by atoms with van der Waals surface area (Å²) >= 11 is 1.58. The summed E-state index contributed by atoms with van der Waals surface area (Å²) < 4.78 is 34.7. The summed E-state index contributed by atoms with van der Waals surface area (Å²) in [7, 11) is -2.02. The maximum absolute atomic E-state index is 12.8. The van der Waals surface area contributed by atoms with Gasteiger partial charge >= 0.3 is 0 Å². The lowest BCUT2D eigenvalue weighted by atomic mass is 10.0. The highest BCUT2D eigenvalue weighted by molar-refractivity contribution is 7.92. The second-order valence-corrected chi connectivity index (χ2v) is 10.4. The van der Waals surface area contributed by atoms with Crippen molar-refractivity contribution in [1.29, 1.82) is 0 Å². The average molecular weight is 453 g/mol. The standard InChI is InChI=1S/C24H24N2O3S2/c1-15(2)17-5-9-20(10-6-17)31(27,28)26-21-11-7-18(13-16(21)3)24-25-22-12-8-19(29-4)14-23(22)30-24/h5-15,26H,1-4H3. The normalized spacial score (nSPS) is 11.8.